The van der Waals surface area contributed by atoms with Crippen LogP contribution in [0, 0.1) is 0 Å². The molecule has 1 unspecified atom stereocenters. The van der Waals surface area contributed by atoms with Crippen molar-refractivity contribution in [2.24, 2.45) is 4.76 Å². The summed E-state index contributed by atoms with van der Waals surface area (Å²) in [4.78, 5) is 13.8. The first kappa shape index (κ1) is 13.8. The molecule has 1 N–H and O–H groups in total. The number of likely N-dealkylation sites (tertiary alicyclic amines) is 2. The van der Waals surface area contributed by atoms with Gasteiger partial charge in [-0.15, -0.1) is 4.76 Å². The fraction of sp³-hybridized carbons (Fsp3) is 0.909. The number of hydrogen-bond acceptors (Lipinski definition) is 2. The molecular formula is C11H22N3O3P. The molecule has 2 heterocycles. The minimum Gasteiger partial charge on any atom is -0.342 e. The highest BCUT2D eigenvalue weighted by molar-refractivity contribution is 7.51. The molecule has 1 atom stereocenters. The van der Waals surface area contributed by atoms with Crippen LogP contribution in [-0.2, 0) is 9.09 Å². The quantitative estimate of drug-likeness (QED) is 0.472. The number of rotatable bonds is 2. The van der Waals surface area contributed by atoms with Crippen molar-refractivity contribution in [1.29, 1.82) is 0 Å². The molecule has 18 heavy (non-hydrogen) atoms. The predicted octanol–water partition coefficient (Wildman–Crippen LogP) is 1.67. The van der Waals surface area contributed by atoms with Crippen LogP contribution in [0.15, 0.2) is 4.76 Å². The van der Waals surface area contributed by atoms with Gasteiger partial charge in [-0.1, -0.05) is 0 Å². The Bertz CT molecular complexity index is 349. The maximum Gasteiger partial charge on any atom is 0.454 e. The second-order valence-corrected chi connectivity index (χ2v) is 6.36. The minimum atomic E-state index is -3.84. The Hall–Kier alpha value is -0.580. The zero-order chi connectivity index (χ0) is 13.0. The Kier molecular flexibility index (Phi) is 4.65. The summed E-state index contributed by atoms with van der Waals surface area (Å²) in [5.41, 5.74) is 0. The van der Waals surface area contributed by atoms with E-state index >= 15 is 0 Å². The summed E-state index contributed by atoms with van der Waals surface area (Å²) >= 11 is 0. The van der Waals surface area contributed by atoms with Crippen LogP contribution in [-0.4, -0.2) is 53.9 Å². The molecule has 2 aliphatic rings. The highest BCUT2D eigenvalue weighted by atomic mass is 31.2. The number of guanidine groups is 1. The maximum atomic E-state index is 11.7. The van der Waals surface area contributed by atoms with Crippen LogP contribution in [0.5, 0.6) is 0 Å². The summed E-state index contributed by atoms with van der Waals surface area (Å²) in [5.74, 6) is 0.653. The van der Waals surface area contributed by atoms with Crippen LogP contribution < -0.4 is 0 Å². The first-order valence-electron chi connectivity index (χ1n) is 6.61. The van der Waals surface area contributed by atoms with E-state index in [0.717, 1.165) is 51.9 Å². The largest absolute Gasteiger partial charge is 0.454 e. The van der Waals surface area contributed by atoms with Gasteiger partial charge in [-0.25, -0.2) is 4.57 Å². The first-order chi connectivity index (χ1) is 8.62. The van der Waals surface area contributed by atoms with Gasteiger partial charge in [-0.3, -0.25) is 4.52 Å². The molecule has 0 saturated carbocycles. The fourth-order valence-corrected chi connectivity index (χ4v) is 3.05. The van der Waals surface area contributed by atoms with Crippen LogP contribution in [0.2, 0.25) is 0 Å². The van der Waals surface area contributed by atoms with Crippen LogP contribution in [0.1, 0.15) is 32.1 Å². The molecule has 2 rings (SSSR count). The normalized spacial score (nSPS) is 25.3. The summed E-state index contributed by atoms with van der Waals surface area (Å²) in [7, 11) is -2.62. The van der Waals surface area contributed by atoms with Gasteiger partial charge in [0.25, 0.3) is 0 Å². The maximum absolute atomic E-state index is 11.7. The van der Waals surface area contributed by atoms with E-state index < -0.39 is 7.75 Å². The van der Waals surface area contributed by atoms with Gasteiger partial charge >= 0.3 is 7.75 Å². The van der Waals surface area contributed by atoms with Gasteiger partial charge in [-0.2, -0.15) is 0 Å². The third-order valence-corrected chi connectivity index (χ3v) is 4.39. The molecule has 0 aromatic heterocycles. The summed E-state index contributed by atoms with van der Waals surface area (Å²) < 4.78 is 20.3. The lowest BCUT2D eigenvalue weighted by molar-refractivity contribution is 0.289. The number of hydrogen-bond donors (Lipinski definition) is 1. The molecule has 0 aromatic carbocycles. The van der Waals surface area contributed by atoms with Gasteiger partial charge in [0.1, 0.15) is 0 Å². The van der Waals surface area contributed by atoms with E-state index in [1.54, 1.807) is 0 Å². The Morgan fingerprint density at radius 2 is 1.50 bits per heavy atom. The Labute approximate surface area is 108 Å². The predicted molar refractivity (Wildman–Crippen MR) is 70.5 cm³/mol. The minimum absolute atomic E-state index is 0.653. The summed E-state index contributed by atoms with van der Waals surface area (Å²) in [6.07, 6.45) is 5.71. The van der Waals surface area contributed by atoms with E-state index in [1.165, 1.54) is 13.5 Å². The second kappa shape index (κ2) is 6.04. The van der Waals surface area contributed by atoms with Crippen molar-refractivity contribution in [3.8, 4) is 0 Å². The molecule has 0 bridgehead atoms. The van der Waals surface area contributed by atoms with Crippen molar-refractivity contribution in [3.63, 3.8) is 0 Å². The Balaban J connectivity index is 2.18. The molecule has 0 spiro atoms. The standard InChI is InChI=1S/C11H22N3O3P/c1-17-18(15,16)12-11(14-9-5-6-10-14)13-7-3-2-4-8-13/h2-10H2,1H3,(H,15,16)/b12-11+. The van der Waals surface area contributed by atoms with Gasteiger partial charge in [0, 0.05) is 33.3 Å². The van der Waals surface area contributed by atoms with E-state index in [9.17, 15) is 9.46 Å². The topological polar surface area (TPSA) is 65.4 Å². The number of nitrogens with zero attached hydrogens (tertiary/aromatic N) is 3. The smallest absolute Gasteiger partial charge is 0.342 e. The lowest BCUT2D eigenvalue weighted by atomic mass is 10.1. The third kappa shape index (κ3) is 3.46. The van der Waals surface area contributed by atoms with Gasteiger partial charge in [0.15, 0.2) is 0 Å². The van der Waals surface area contributed by atoms with Crippen LogP contribution in [0.3, 0.4) is 0 Å². The molecule has 0 radical (unpaired) electrons. The van der Waals surface area contributed by atoms with E-state index in [-0.39, 0.29) is 0 Å². The van der Waals surface area contributed by atoms with Crippen LogP contribution in [0.4, 0.5) is 0 Å². The zero-order valence-electron chi connectivity index (χ0n) is 10.9. The molecule has 104 valence electrons. The Morgan fingerprint density at radius 3 is 1.94 bits per heavy atom. The molecule has 6 nitrogen and oxygen atoms in total. The number of piperidine rings is 1. The van der Waals surface area contributed by atoms with Crippen molar-refractivity contribution < 1.29 is 14.0 Å². The van der Waals surface area contributed by atoms with E-state index in [1.807, 2.05) is 0 Å². The van der Waals surface area contributed by atoms with Crippen molar-refractivity contribution in [3.05, 3.63) is 0 Å². The highest BCUT2D eigenvalue weighted by Gasteiger charge is 2.27. The van der Waals surface area contributed by atoms with Crippen molar-refractivity contribution in [2.75, 3.05) is 33.3 Å². The average Bonchev–Trinajstić information content (AvgIpc) is 2.91. The SMILES string of the molecule is COP(=O)(O)/N=C(\N1CCCCC1)N1CCCC1. The van der Waals surface area contributed by atoms with Gasteiger partial charge in [0.05, 0.1) is 0 Å². The van der Waals surface area contributed by atoms with E-state index in [2.05, 4.69) is 19.1 Å². The second-order valence-electron chi connectivity index (χ2n) is 4.82. The summed E-state index contributed by atoms with van der Waals surface area (Å²) in [6, 6.07) is 0. The molecule has 0 aromatic rings. The average molecular weight is 275 g/mol. The summed E-state index contributed by atoms with van der Waals surface area (Å²) in [5, 5.41) is 0. The molecule has 2 fully saturated rings. The Morgan fingerprint density at radius 1 is 1.06 bits per heavy atom. The van der Waals surface area contributed by atoms with Gasteiger partial charge < -0.3 is 14.7 Å². The van der Waals surface area contributed by atoms with E-state index in [4.69, 9.17) is 0 Å². The molecule has 2 aliphatic heterocycles. The van der Waals surface area contributed by atoms with Gasteiger partial charge in [-0.05, 0) is 32.1 Å². The highest BCUT2D eigenvalue weighted by Crippen LogP contribution is 2.43. The van der Waals surface area contributed by atoms with Crippen molar-refractivity contribution >= 4 is 13.7 Å². The monoisotopic (exact) mass is 275 g/mol. The van der Waals surface area contributed by atoms with Crippen molar-refractivity contribution in [1.82, 2.24) is 9.80 Å². The first-order valence-corrected chi connectivity index (χ1v) is 8.14. The lowest BCUT2D eigenvalue weighted by Crippen LogP contribution is -2.45. The molecule has 0 aliphatic carbocycles. The van der Waals surface area contributed by atoms with Crippen LogP contribution >= 0.6 is 7.75 Å². The molecule has 2 saturated heterocycles. The van der Waals surface area contributed by atoms with Crippen molar-refractivity contribution in [2.45, 2.75) is 32.1 Å². The van der Waals surface area contributed by atoms with E-state index in [0.29, 0.717) is 5.96 Å². The third-order valence-electron chi connectivity index (χ3n) is 3.48. The zero-order valence-corrected chi connectivity index (χ0v) is 11.8. The fourth-order valence-electron chi connectivity index (χ4n) is 2.49. The molecule has 7 heteroatoms. The summed E-state index contributed by atoms with van der Waals surface area (Å²) in [6.45, 7) is 3.66. The molecular weight excluding hydrogens is 253 g/mol. The lowest BCUT2D eigenvalue weighted by Gasteiger charge is -2.34. The van der Waals surface area contributed by atoms with Gasteiger partial charge in [0.2, 0.25) is 5.96 Å². The molecule has 0 amide bonds. The van der Waals surface area contributed by atoms with Crippen LogP contribution in [0.25, 0.3) is 0 Å².